The number of hydrogen-bond acceptors (Lipinski definition) is 6. The van der Waals surface area contributed by atoms with Gasteiger partial charge in [-0.2, -0.15) is 5.21 Å². The van der Waals surface area contributed by atoms with Crippen molar-refractivity contribution in [2.75, 3.05) is 0 Å². The molecule has 2 N–H and O–H groups in total. The van der Waals surface area contributed by atoms with Gasteiger partial charge in [0.2, 0.25) is 0 Å². The molecule has 1 saturated carbocycles. The molecule has 5 rings (SSSR count). The van der Waals surface area contributed by atoms with E-state index in [1.807, 2.05) is 17.0 Å². The van der Waals surface area contributed by atoms with E-state index < -0.39 is 5.66 Å². The van der Waals surface area contributed by atoms with Gasteiger partial charge in [0, 0.05) is 21.2 Å². The van der Waals surface area contributed by atoms with E-state index in [9.17, 15) is 9.59 Å². The fourth-order valence-electron chi connectivity index (χ4n) is 6.32. The number of aliphatic imine (C=N–C) groups is 1. The highest BCUT2D eigenvalue weighted by molar-refractivity contribution is 6.47. The molecule has 2 aliphatic rings. The topological polar surface area (TPSA) is 116 Å². The molecular weight excluding hydrogens is 573 g/mol. The first-order valence-electron chi connectivity index (χ1n) is 14.5. The van der Waals surface area contributed by atoms with E-state index in [4.69, 9.17) is 28.2 Å². The molecule has 1 fully saturated rings. The first-order valence-corrected chi connectivity index (χ1v) is 15.3. The standard InChI is InChI=1S/C31H37Cl2N7O2/c1-5-6-25(19-7-9-20(10-8-19)28(41)34-18-26-36-38-39-37-26)40-29(42)27(21-15-23(32)17-24(33)16-21)35-31(40)13-11-22(12-14-31)30(2,3)4/h7-10,15-17,22,25H,5-6,11-14,18H2,1-4H3,(H,34,41)(H,36,37,38,39)/t22?,25-,31?/m1/s1. The Morgan fingerprint density at radius 2 is 1.79 bits per heavy atom. The lowest BCUT2D eigenvalue weighted by Crippen LogP contribution is -2.51. The molecule has 1 aliphatic carbocycles. The number of amides is 2. The smallest absolute Gasteiger partial charge is 0.275 e. The summed E-state index contributed by atoms with van der Waals surface area (Å²) in [5.41, 5.74) is 2.07. The number of nitrogens with one attached hydrogen (secondary N) is 2. The average molecular weight is 611 g/mol. The minimum Gasteiger partial charge on any atom is -0.345 e. The zero-order valence-corrected chi connectivity index (χ0v) is 26.0. The number of aromatic amines is 1. The Labute approximate surface area is 256 Å². The summed E-state index contributed by atoms with van der Waals surface area (Å²) in [6.45, 7) is 9.15. The second kappa shape index (κ2) is 12.1. The molecule has 0 saturated heterocycles. The van der Waals surface area contributed by atoms with E-state index in [0.29, 0.717) is 38.6 Å². The predicted molar refractivity (Wildman–Crippen MR) is 163 cm³/mol. The van der Waals surface area contributed by atoms with Crippen LogP contribution in [-0.4, -0.2) is 48.7 Å². The minimum absolute atomic E-state index is 0.108. The lowest BCUT2D eigenvalue weighted by Gasteiger charge is -2.47. The van der Waals surface area contributed by atoms with Crippen LogP contribution in [0.2, 0.25) is 10.0 Å². The van der Waals surface area contributed by atoms with Gasteiger partial charge in [-0.15, -0.1) is 10.2 Å². The number of H-pyrrole nitrogens is 1. The maximum absolute atomic E-state index is 14.4. The zero-order chi connectivity index (χ0) is 30.1. The monoisotopic (exact) mass is 609 g/mol. The first kappa shape index (κ1) is 30.2. The van der Waals surface area contributed by atoms with Gasteiger partial charge in [-0.05, 0) is 79.3 Å². The van der Waals surface area contributed by atoms with Gasteiger partial charge >= 0.3 is 0 Å². The molecule has 1 spiro atoms. The van der Waals surface area contributed by atoms with Crippen molar-refractivity contribution in [1.82, 2.24) is 30.8 Å². The van der Waals surface area contributed by atoms with Crippen molar-refractivity contribution in [2.45, 2.75) is 84.5 Å². The summed E-state index contributed by atoms with van der Waals surface area (Å²) in [4.78, 5) is 34.4. The Balaban J connectivity index is 1.47. The Morgan fingerprint density at radius 1 is 1.12 bits per heavy atom. The molecule has 9 nitrogen and oxygen atoms in total. The summed E-state index contributed by atoms with van der Waals surface area (Å²) >= 11 is 12.7. The predicted octanol–water partition coefficient (Wildman–Crippen LogP) is 6.54. The third kappa shape index (κ3) is 6.22. The highest BCUT2D eigenvalue weighted by Crippen LogP contribution is 2.50. The SMILES string of the molecule is CCC[C@H](c1ccc(C(=O)NCc2nn[nH]n2)cc1)N1C(=O)C(c2cc(Cl)cc(Cl)c2)=NC12CCC(C(C)(C)C)CC2. The van der Waals surface area contributed by atoms with E-state index >= 15 is 0 Å². The molecule has 11 heteroatoms. The van der Waals surface area contributed by atoms with E-state index in [1.165, 1.54) is 0 Å². The molecule has 1 aromatic heterocycles. The van der Waals surface area contributed by atoms with Gasteiger partial charge in [-0.1, -0.05) is 74.7 Å². The number of nitrogens with zero attached hydrogens (tertiary/aromatic N) is 5. The third-order valence-corrected chi connectivity index (χ3v) is 9.00. The maximum Gasteiger partial charge on any atom is 0.275 e. The molecular formula is C31H37Cl2N7O2. The van der Waals surface area contributed by atoms with Crippen LogP contribution in [0, 0.1) is 11.3 Å². The maximum atomic E-state index is 14.4. The van der Waals surface area contributed by atoms with Crippen LogP contribution < -0.4 is 5.32 Å². The zero-order valence-electron chi connectivity index (χ0n) is 24.5. The fourth-order valence-corrected chi connectivity index (χ4v) is 6.84. The summed E-state index contributed by atoms with van der Waals surface area (Å²) in [5.74, 6) is 0.604. The third-order valence-electron chi connectivity index (χ3n) is 8.56. The van der Waals surface area contributed by atoms with Gasteiger partial charge in [-0.25, -0.2) is 0 Å². The minimum atomic E-state index is -0.649. The summed E-state index contributed by atoms with van der Waals surface area (Å²) in [5, 5.41) is 17.3. The van der Waals surface area contributed by atoms with E-state index in [1.54, 1.807) is 30.3 Å². The highest BCUT2D eigenvalue weighted by atomic mass is 35.5. The highest BCUT2D eigenvalue weighted by Gasteiger charge is 2.52. The molecule has 1 atom stereocenters. The summed E-state index contributed by atoms with van der Waals surface area (Å²) in [6, 6.07) is 12.5. The molecule has 2 heterocycles. The van der Waals surface area contributed by atoms with Crippen molar-refractivity contribution in [3.63, 3.8) is 0 Å². The molecule has 1 aliphatic heterocycles. The molecule has 2 aromatic carbocycles. The van der Waals surface area contributed by atoms with Crippen molar-refractivity contribution in [3.05, 3.63) is 75.0 Å². The number of benzene rings is 2. The molecule has 0 radical (unpaired) electrons. The van der Waals surface area contributed by atoms with Crippen molar-refractivity contribution in [2.24, 2.45) is 16.3 Å². The fraction of sp³-hybridized carbons (Fsp3) is 0.484. The first-order chi connectivity index (χ1) is 20.0. The van der Waals surface area contributed by atoms with Crippen LogP contribution in [0.5, 0.6) is 0 Å². The van der Waals surface area contributed by atoms with Gasteiger partial charge in [0.15, 0.2) is 5.82 Å². The number of aromatic nitrogens is 4. The normalized spacial score (nSPS) is 21.5. The number of carbonyl (C=O) groups excluding carboxylic acids is 2. The van der Waals surface area contributed by atoms with E-state index in [0.717, 1.165) is 44.1 Å². The van der Waals surface area contributed by atoms with Crippen LogP contribution in [0.25, 0.3) is 0 Å². The van der Waals surface area contributed by atoms with Crippen LogP contribution in [0.15, 0.2) is 47.5 Å². The van der Waals surface area contributed by atoms with Gasteiger partial charge in [-0.3, -0.25) is 14.6 Å². The molecule has 3 aromatic rings. The number of carbonyl (C=O) groups is 2. The van der Waals surface area contributed by atoms with Crippen molar-refractivity contribution in [1.29, 1.82) is 0 Å². The second-order valence-corrected chi connectivity index (χ2v) is 13.2. The van der Waals surface area contributed by atoms with E-state index in [-0.39, 0.29) is 29.8 Å². The number of hydrogen-bond donors (Lipinski definition) is 2. The molecule has 222 valence electrons. The van der Waals surface area contributed by atoms with Gasteiger partial charge in [0.1, 0.15) is 11.4 Å². The van der Waals surface area contributed by atoms with Crippen LogP contribution in [-0.2, 0) is 11.3 Å². The van der Waals surface area contributed by atoms with Crippen LogP contribution in [0.1, 0.15) is 99.6 Å². The Hall–Kier alpha value is -3.30. The Morgan fingerprint density at radius 3 is 2.36 bits per heavy atom. The summed E-state index contributed by atoms with van der Waals surface area (Å²) in [7, 11) is 0. The molecule has 0 unspecified atom stereocenters. The quantitative estimate of drug-likeness (QED) is 0.301. The van der Waals surface area contributed by atoms with Crippen molar-refractivity contribution in [3.8, 4) is 0 Å². The van der Waals surface area contributed by atoms with Gasteiger partial charge in [0.25, 0.3) is 11.8 Å². The lowest BCUT2D eigenvalue weighted by molar-refractivity contribution is -0.133. The Bertz CT molecular complexity index is 1440. The average Bonchev–Trinajstić information content (AvgIpc) is 3.56. The Kier molecular flexibility index (Phi) is 8.71. The molecule has 42 heavy (non-hydrogen) atoms. The second-order valence-electron chi connectivity index (χ2n) is 12.4. The van der Waals surface area contributed by atoms with Crippen molar-refractivity contribution >= 4 is 40.7 Å². The summed E-state index contributed by atoms with van der Waals surface area (Å²) < 4.78 is 0. The number of tetrazole rings is 1. The lowest BCUT2D eigenvalue weighted by atomic mass is 9.69. The van der Waals surface area contributed by atoms with E-state index in [2.05, 4.69) is 53.6 Å². The van der Waals surface area contributed by atoms with Crippen LogP contribution in [0.3, 0.4) is 0 Å². The largest absolute Gasteiger partial charge is 0.345 e. The van der Waals surface area contributed by atoms with Gasteiger partial charge < -0.3 is 10.2 Å². The summed E-state index contributed by atoms with van der Waals surface area (Å²) in [6.07, 6.45) is 5.18. The number of rotatable bonds is 8. The van der Waals surface area contributed by atoms with Crippen molar-refractivity contribution < 1.29 is 9.59 Å². The van der Waals surface area contributed by atoms with Crippen LogP contribution in [0.4, 0.5) is 0 Å². The molecule has 0 bridgehead atoms. The molecule has 2 amide bonds. The van der Waals surface area contributed by atoms with Gasteiger partial charge in [0.05, 0.1) is 12.6 Å². The van der Waals surface area contributed by atoms with Crippen LogP contribution >= 0.6 is 23.2 Å². The number of halogens is 2.